The Labute approximate surface area is 116 Å². The van der Waals surface area contributed by atoms with Gasteiger partial charge in [-0.1, -0.05) is 6.07 Å². The van der Waals surface area contributed by atoms with E-state index in [0.717, 1.165) is 30.6 Å². The number of benzene rings is 1. The van der Waals surface area contributed by atoms with Crippen LogP contribution in [0.2, 0.25) is 0 Å². The van der Waals surface area contributed by atoms with Crippen molar-refractivity contribution in [2.45, 2.75) is 23.5 Å². The van der Waals surface area contributed by atoms with Crippen LogP contribution in [0.3, 0.4) is 0 Å². The third-order valence-corrected chi connectivity index (χ3v) is 6.05. The van der Waals surface area contributed by atoms with E-state index in [0.29, 0.717) is 11.4 Å². The topological polar surface area (TPSA) is 72.2 Å². The molecular formula is C13H14N2O2S2. The molecule has 0 unspecified atom stereocenters. The van der Waals surface area contributed by atoms with Crippen LogP contribution in [0.15, 0.2) is 33.9 Å². The highest BCUT2D eigenvalue weighted by Crippen LogP contribution is 2.28. The molecule has 0 amide bonds. The number of nitrogen functional groups attached to an aromatic ring is 1. The Kier molecular flexibility index (Phi) is 2.99. The van der Waals surface area contributed by atoms with Gasteiger partial charge in [0.25, 0.3) is 10.0 Å². The Balaban J connectivity index is 1.89. The van der Waals surface area contributed by atoms with Crippen molar-refractivity contribution in [3.05, 3.63) is 40.8 Å². The maximum absolute atomic E-state index is 12.2. The molecule has 19 heavy (non-hydrogen) atoms. The molecule has 0 radical (unpaired) electrons. The van der Waals surface area contributed by atoms with Gasteiger partial charge in [0, 0.05) is 16.8 Å². The molecule has 0 fully saturated rings. The summed E-state index contributed by atoms with van der Waals surface area (Å²) in [6.07, 6.45) is 3.26. The summed E-state index contributed by atoms with van der Waals surface area (Å²) in [6.45, 7) is 0. The molecule has 3 N–H and O–H groups in total. The van der Waals surface area contributed by atoms with Crippen molar-refractivity contribution in [3.8, 4) is 0 Å². The number of aryl methyl sites for hydroxylation is 2. The molecule has 1 aliphatic rings. The fraction of sp³-hybridized carbons (Fsp3) is 0.231. The lowest BCUT2D eigenvalue weighted by molar-refractivity contribution is 0.603. The van der Waals surface area contributed by atoms with Crippen LogP contribution in [0.4, 0.5) is 11.4 Å². The average Bonchev–Trinajstić information content (AvgIpc) is 2.96. The van der Waals surface area contributed by atoms with Crippen molar-refractivity contribution < 1.29 is 8.42 Å². The lowest BCUT2D eigenvalue weighted by Crippen LogP contribution is -2.11. The molecule has 0 bridgehead atoms. The third-order valence-electron chi connectivity index (χ3n) is 3.21. The van der Waals surface area contributed by atoms with Crippen LogP contribution in [0, 0.1) is 0 Å². The first-order valence-corrected chi connectivity index (χ1v) is 8.39. The van der Waals surface area contributed by atoms with Gasteiger partial charge in [0.05, 0.1) is 0 Å². The van der Waals surface area contributed by atoms with Crippen molar-refractivity contribution in [3.63, 3.8) is 0 Å². The van der Waals surface area contributed by atoms with Crippen LogP contribution in [-0.4, -0.2) is 8.42 Å². The van der Waals surface area contributed by atoms with E-state index < -0.39 is 10.0 Å². The van der Waals surface area contributed by atoms with Crippen molar-refractivity contribution >= 4 is 32.7 Å². The van der Waals surface area contributed by atoms with Gasteiger partial charge in [-0.15, -0.1) is 11.3 Å². The second-order valence-corrected chi connectivity index (χ2v) is 7.46. The summed E-state index contributed by atoms with van der Waals surface area (Å²) in [7, 11) is -3.52. The Hall–Kier alpha value is -1.53. The highest BCUT2D eigenvalue weighted by atomic mass is 32.2. The Morgan fingerprint density at radius 3 is 2.68 bits per heavy atom. The molecule has 1 aromatic heterocycles. The number of hydrogen-bond donors (Lipinski definition) is 2. The smallest absolute Gasteiger partial charge is 0.271 e. The zero-order chi connectivity index (χ0) is 13.5. The molecule has 100 valence electrons. The summed E-state index contributed by atoms with van der Waals surface area (Å²) in [5.74, 6) is 0. The quantitative estimate of drug-likeness (QED) is 0.914. The lowest BCUT2D eigenvalue weighted by Gasteiger charge is -2.08. The maximum atomic E-state index is 12.2. The first-order valence-electron chi connectivity index (χ1n) is 6.03. The minimum atomic E-state index is -3.52. The molecule has 4 nitrogen and oxygen atoms in total. The maximum Gasteiger partial charge on any atom is 0.271 e. The molecule has 2 aromatic rings. The zero-order valence-corrected chi connectivity index (χ0v) is 11.9. The molecule has 0 atom stereocenters. The highest BCUT2D eigenvalue weighted by Gasteiger charge is 2.18. The predicted octanol–water partition coefficient (Wildman–Crippen LogP) is 2.62. The van der Waals surface area contributed by atoms with E-state index >= 15 is 0 Å². The van der Waals surface area contributed by atoms with Crippen molar-refractivity contribution in [2.24, 2.45) is 0 Å². The summed E-state index contributed by atoms with van der Waals surface area (Å²) < 4.78 is 27.2. The van der Waals surface area contributed by atoms with Crippen molar-refractivity contribution in [1.29, 1.82) is 0 Å². The van der Waals surface area contributed by atoms with Gasteiger partial charge in [-0.25, -0.2) is 8.42 Å². The van der Waals surface area contributed by atoms with E-state index in [9.17, 15) is 8.42 Å². The van der Waals surface area contributed by atoms with Crippen LogP contribution in [0.1, 0.15) is 17.5 Å². The summed E-state index contributed by atoms with van der Waals surface area (Å²) in [4.78, 5) is 0. The number of sulfonamides is 1. The van der Waals surface area contributed by atoms with Gasteiger partial charge >= 0.3 is 0 Å². The summed E-state index contributed by atoms with van der Waals surface area (Å²) in [5, 5.41) is 1.62. The van der Waals surface area contributed by atoms with Crippen LogP contribution >= 0.6 is 11.3 Å². The number of anilines is 2. The first-order chi connectivity index (χ1) is 9.04. The van der Waals surface area contributed by atoms with Gasteiger partial charge in [-0.2, -0.15) is 0 Å². The molecule has 0 saturated carbocycles. The molecule has 6 heteroatoms. The zero-order valence-electron chi connectivity index (χ0n) is 10.2. The van der Waals surface area contributed by atoms with E-state index in [1.54, 1.807) is 5.38 Å². The monoisotopic (exact) mass is 294 g/mol. The van der Waals surface area contributed by atoms with Gasteiger partial charge in [0.2, 0.25) is 0 Å². The van der Waals surface area contributed by atoms with Crippen molar-refractivity contribution in [2.75, 3.05) is 10.5 Å². The van der Waals surface area contributed by atoms with E-state index in [-0.39, 0.29) is 4.21 Å². The highest BCUT2D eigenvalue weighted by molar-refractivity contribution is 7.94. The van der Waals surface area contributed by atoms with E-state index in [1.165, 1.54) is 17.2 Å². The normalized spacial score (nSPS) is 14.3. The van der Waals surface area contributed by atoms with Crippen LogP contribution in [0.25, 0.3) is 0 Å². The molecule has 1 aromatic carbocycles. The predicted molar refractivity (Wildman–Crippen MR) is 78.0 cm³/mol. The minimum Gasteiger partial charge on any atom is -0.398 e. The molecule has 1 aliphatic carbocycles. The lowest BCUT2D eigenvalue weighted by atomic mass is 10.1. The molecular weight excluding hydrogens is 280 g/mol. The minimum absolute atomic E-state index is 0.241. The van der Waals surface area contributed by atoms with Gasteiger partial charge in [-0.3, -0.25) is 4.72 Å². The number of nitrogens with one attached hydrogen (secondary N) is 1. The van der Waals surface area contributed by atoms with Gasteiger partial charge in [0.15, 0.2) is 0 Å². The summed E-state index contributed by atoms with van der Waals surface area (Å²) in [6, 6.07) is 7.22. The van der Waals surface area contributed by atoms with Crippen molar-refractivity contribution in [1.82, 2.24) is 0 Å². The summed E-state index contributed by atoms with van der Waals surface area (Å²) in [5.41, 5.74) is 9.21. The van der Waals surface area contributed by atoms with E-state index in [1.807, 2.05) is 18.2 Å². The molecule has 1 heterocycles. The SMILES string of the molecule is Nc1csc(S(=O)(=O)Nc2ccc3c(c2)CCC3)c1. The summed E-state index contributed by atoms with van der Waals surface area (Å²) >= 11 is 1.13. The average molecular weight is 294 g/mol. The second kappa shape index (κ2) is 4.54. The van der Waals surface area contributed by atoms with Crippen LogP contribution in [-0.2, 0) is 22.9 Å². The number of thiophene rings is 1. The van der Waals surface area contributed by atoms with Gasteiger partial charge in [0.1, 0.15) is 4.21 Å². The fourth-order valence-electron chi connectivity index (χ4n) is 2.31. The molecule has 0 aliphatic heterocycles. The molecule has 0 saturated heterocycles. The van der Waals surface area contributed by atoms with Crippen LogP contribution < -0.4 is 10.5 Å². The number of nitrogens with two attached hydrogens (primary N) is 1. The fourth-order valence-corrected chi connectivity index (χ4v) is 4.44. The molecule has 0 spiro atoms. The largest absolute Gasteiger partial charge is 0.398 e. The van der Waals surface area contributed by atoms with Gasteiger partial charge in [-0.05, 0) is 48.6 Å². The standard InChI is InChI=1S/C13H14N2O2S2/c14-11-7-13(18-8-11)19(16,17)15-12-5-4-9-2-1-3-10(9)6-12/h4-8,15H,1-3,14H2. The molecule has 3 rings (SSSR count). The number of fused-ring (bicyclic) bond motifs is 1. The number of rotatable bonds is 3. The van der Waals surface area contributed by atoms with Crippen LogP contribution in [0.5, 0.6) is 0 Å². The number of hydrogen-bond acceptors (Lipinski definition) is 4. The first kappa shape index (κ1) is 12.5. The van der Waals surface area contributed by atoms with Gasteiger partial charge < -0.3 is 5.73 Å². The Bertz CT molecular complexity index is 720. The second-order valence-electron chi connectivity index (χ2n) is 4.64. The Morgan fingerprint density at radius 2 is 1.95 bits per heavy atom. The van der Waals surface area contributed by atoms with E-state index in [4.69, 9.17) is 5.73 Å². The Morgan fingerprint density at radius 1 is 1.16 bits per heavy atom. The van der Waals surface area contributed by atoms with E-state index in [2.05, 4.69) is 4.72 Å². The third kappa shape index (κ3) is 2.46.